The molecule has 6 atom stereocenters. The minimum Gasteiger partial charge on any atom is -0.459 e. The minimum atomic E-state index is -2.45. The number of hydrogen-bond acceptors (Lipinski definition) is 8. The fourth-order valence-electron chi connectivity index (χ4n) is 6.29. The van der Waals surface area contributed by atoms with Gasteiger partial charge >= 0.3 is 5.97 Å². The summed E-state index contributed by atoms with van der Waals surface area (Å²) in [6.07, 6.45) is -0.916. The third-order valence-corrected chi connectivity index (χ3v) is 21.2. The third kappa shape index (κ3) is 14.9. The summed E-state index contributed by atoms with van der Waals surface area (Å²) in [5, 5.41) is -0.116. The van der Waals surface area contributed by atoms with Crippen LogP contribution in [0.25, 0.3) is 0 Å². The maximum atomic E-state index is 13.9. The van der Waals surface area contributed by atoms with Crippen LogP contribution in [0.15, 0.2) is 97.1 Å². The number of carbonyl (C=O) groups is 2. The molecule has 0 N–H and O–H groups in total. The van der Waals surface area contributed by atoms with Crippen molar-refractivity contribution in [2.24, 2.45) is 5.92 Å². The van der Waals surface area contributed by atoms with Crippen molar-refractivity contribution in [1.29, 1.82) is 0 Å². The molecular formula is C48H74O8Si2. The SMILES string of the molecule is C=C(CC[C@@H](COCc1ccccc1)O[Si](C)(C)C(C)(C)C)C(=O)C[C@@H](C)C(=C)[C@@H](O[Si](C)(C)C(C)(C)C)[C@H]1O[C@@H](COCc2ccccc2)C(=C)C[C@@H]1OC(C)=O. The molecule has 0 aliphatic carbocycles. The van der Waals surface area contributed by atoms with Crippen LogP contribution in [0.3, 0.4) is 0 Å². The van der Waals surface area contributed by atoms with E-state index in [2.05, 4.69) is 99.6 Å². The summed E-state index contributed by atoms with van der Waals surface area (Å²) in [5.41, 5.74) is 4.21. The summed E-state index contributed by atoms with van der Waals surface area (Å²) in [6, 6.07) is 20.1. The van der Waals surface area contributed by atoms with Crippen molar-refractivity contribution in [3.63, 3.8) is 0 Å². The molecule has 0 spiro atoms. The quantitative estimate of drug-likeness (QED) is 0.0501. The largest absolute Gasteiger partial charge is 0.459 e. The predicted molar refractivity (Wildman–Crippen MR) is 241 cm³/mol. The molecule has 1 saturated heterocycles. The fourth-order valence-corrected chi connectivity index (χ4v) is 8.94. The van der Waals surface area contributed by atoms with Crippen molar-refractivity contribution in [3.8, 4) is 0 Å². The molecule has 0 aromatic heterocycles. The van der Waals surface area contributed by atoms with E-state index in [9.17, 15) is 9.59 Å². The fraction of sp³-hybridized carbons (Fsp3) is 0.583. The molecule has 0 amide bonds. The highest BCUT2D eigenvalue weighted by Gasteiger charge is 2.48. The standard InChI is InChI=1S/C48H74O8Si2/c1-34(26-27-41(55-57(12,13)47(6,7)8)32-51-30-39-22-18-16-19-23-39)42(50)28-35(2)37(4)45(56-58(14,15)48(9,10)11)46-43(53-38(5)49)29-36(3)44(54-46)33-52-31-40-24-20-17-21-25-40/h16-25,35,41,43-46H,1,3-4,26-33H2,2,5-15H3/t35-,41+,43+,44+,45-,46+/m1/s1. The van der Waals surface area contributed by atoms with E-state index >= 15 is 0 Å². The van der Waals surface area contributed by atoms with E-state index in [0.717, 1.165) is 22.3 Å². The number of ketones is 1. The minimum absolute atomic E-state index is 0.0231. The molecule has 322 valence electrons. The lowest BCUT2D eigenvalue weighted by Gasteiger charge is -2.46. The van der Waals surface area contributed by atoms with Gasteiger partial charge in [-0.2, -0.15) is 0 Å². The van der Waals surface area contributed by atoms with Gasteiger partial charge in [0.2, 0.25) is 0 Å². The van der Waals surface area contributed by atoms with E-state index in [1.54, 1.807) is 0 Å². The van der Waals surface area contributed by atoms with Crippen molar-refractivity contribution in [2.75, 3.05) is 13.2 Å². The summed E-state index contributed by atoms with van der Waals surface area (Å²) in [7, 11) is -4.57. The summed E-state index contributed by atoms with van der Waals surface area (Å²) < 4.78 is 39.0. The second-order valence-electron chi connectivity index (χ2n) is 19.1. The molecular weight excluding hydrogens is 761 g/mol. The van der Waals surface area contributed by atoms with Crippen LogP contribution in [0.2, 0.25) is 36.3 Å². The van der Waals surface area contributed by atoms with Crippen LogP contribution >= 0.6 is 0 Å². The van der Waals surface area contributed by atoms with E-state index in [4.69, 9.17) is 27.8 Å². The average molecular weight is 835 g/mol. The molecule has 0 saturated carbocycles. The van der Waals surface area contributed by atoms with Gasteiger partial charge in [0.05, 0.1) is 38.6 Å². The first-order valence-electron chi connectivity index (χ1n) is 20.9. The van der Waals surface area contributed by atoms with Crippen LogP contribution < -0.4 is 0 Å². The maximum absolute atomic E-state index is 13.9. The molecule has 1 heterocycles. The van der Waals surface area contributed by atoms with Gasteiger partial charge in [0.15, 0.2) is 22.4 Å². The number of esters is 1. The van der Waals surface area contributed by atoms with Crippen molar-refractivity contribution in [2.45, 2.75) is 161 Å². The zero-order valence-corrected chi connectivity index (χ0v) is 39.8. The summed E-state index contributed by atoms with van der Waals surface area (Å²) in [4.78, 5) is 26.4. The van der Waals surface area contributed by atoms with Crippen LogP contribution in [0.4, 0.5) is 0 Å². The molecule has 2 aromatic carbocycles. The first kappa shape index (κ1) is 49.4. The molecule has 3 rings (SSSR count). The topological polar surface area (TPSA) is 89.5 Å². The highest BCUT2D eigenvalue weighted by atomic mass is 28.4. The Morgan fingerprint density at radius 2 is 1.34 bits per heavy atom. The average Bonchev–Trinajstić information content (AvgIpc) is 3.13. The Morgan fingerprint density at radius 3 is 1.86 bits per heavy atom. The van der Waals surface area contributed by atoms with E-state index in [1.165, 1.54) is 6.92 Å². The lowest BCUT2D eigenvalue weighted by molar-refractivity contribution is -0.177. The number of rotatable bonds is 22. The normalized spacial score (nSPS) is 19.6. The third-order valence-electron chi connectivity index (χ3n) is 12.2. The predicted octanol–water partition coefficient (Wildman–Crippen LogP) is 11.3. The van der Waals surface area contributed by atoms with E-state index in [1.807, 2.05) is 55.5 Å². The molecule has 8 nitrogen and oxygen atoms in total. The second-order valence-corrected chi connectivity index (χ2v) is 28.7. The summed E-state index contributed by atoms with van der Waals surface area (Å²) in [6.45, 7) is 40.2. The van der Waals surface area contributed by atoms with Crippen molar-refractivity contribution >= 4 is 28.4 Å². The van der Waals surface area contributed by atoms with Gasteiger partial charge in [0.1, 0.15) is 18.3 Å². The van der Waals surface area contributed by atoms with Crippen molar-refractivity contribution < 1.29 is 37.4 Å². The lowest BCUT2D eigenvalue weighted by Crippen LogP contribution is -2.55. The molecule has 10 heteroatoms. The van der Waals surface area contributed by atoms with Crippen molar-refractivity contribution in [1.82, 2.24) is 0 Å². The van der Waals surface area contributed by atoms with E-state index in [0.29, 0.717) is 44.7 Å². The molecule has 1 aliphatic rings. The smallest absolute Gasteiger partial charge is 0.303 e. The highest BCUT2D eigenvalue weighted by molar-refractivity contribution is 6.74. The number of benzene rings is 2. The Morgan fingerprint density at radius 1 is 0.828 bits per heavy atom. The van der Waals surface area contributed by atoms with Crippen LogP contribution in [-0.4, -0.2) is 72.1 Å². The molecule has 1 fully saturated rings. The van der Waals surface area contributed by atoms with E-state index < -0.39 is 47.0 Å². The van der Waals surface area contributed by atoms with E-state index in [-0.39, 0.29) is 40.9 Å². The maximum Gasteiger partial charge on any atom is 0.303 e. The van der Waals surface area contributed by atoms with Gasteiger partial charge in [-0.1, -0.05) is 129 Å². The molecule has 2 aromatic rings. The van der Waals surface area contributed by atoms with Gasteiger partial charge in [-0.15, -0.1) is 0 Å². The lowest BCUT2D eigenvalue weighted by atomic mass is 9.84. The van der Waals surface area contributed by atoms with Gasteiger partial charge in [-0.25, -0.2) is 0 Å². The Kier molecular flexibility index (Phi) is 18.3. The Labute approximate surface area is 353 Å². The van der Waals surface area contributed by atoms with Gasteiger partial charge in [-0.3, -0.25) is 9.59 Å². The van der Waals surface area contributed by atoms with Crippen LogP contribution in [0.1, 0.15) is 92.2 Å². The molecule has 58 heavy (non-hydrogen) atoms. The molecule has 1 aliphatic heterocycles. The van der Waals surface area contributed by atoms with Crippen LogP contribution in [-0.2, 0) is 50.6 Å². The molecule has 0 unspecified atom stereocenters. The number of allylic oxidation sites excluding steroid dienone is 1. The van der Waals surface area contributed by atoms with Crippen LogP contribution in [0, 0.1) is 5.92 Å². The number of ether oxygens (including phenoxy) is 4. The van der Waals surface area contributed by atoms with Crippen molar-refractivity contribution in [3.05, 3.63) is 108 Å². The molecule has 0 radical (unpaired) electrons. The Balaban J connectivity index is 1.79. The summed E-state index contributed by atoms with van der Waals surface area (Å²) in [5.74, 6) is -0.729. The summed E-state index contributed by atoms with van der Waals surface area (Å²) >= 11 is 0. The first-order chi connectivity index (χ1) is 26.9. The van der Waals surface area contributed by atoms with Gasteiger partial charge in [-0.05, 0) is 82.9 Å². The zero-order chi connectivity index (χ0) is 43.5. The number of carbonyl (C=O) groups excluding carboxylic acids is 2. The van der Waals surface area contributed by atoms with Gasteiger partial charge in [0, 0.05) is 19.8 Å². The highest BCUT2D eigenvalue weighted by Crippen LogP contribution is 2.42. The monoisotopic (exact) mass is 834 g/mol. The first-order valence-corrected chi connectivity index (χ1v) is 26.7. The Hall–Kier alpha value is -2.97. The number of hydrogen-bond donors (Lipinski definition) is 0. The second kappa shape index (κ2) is 21.5. The molecule has 0 bridgehead atoms. The van der Waals surface area contributed by atoms with Crippen LogP contribution in [0.5, 0.6) is 0 Å². The zero-order valence-electron chi connectivity index (χ0n) is 37.8. The Bertz CT molecular complexity index is 1660. The number of Topliss-reactive ketones (excluding diaryl/α,β-unsaturated/α-hetero) is 1. The van der Waals surface area contributed by atoms with Gasteiger partial charge in [0.25, 0.3) is 0 Å². The van der Waals surface area contributed by atoms with Gasteiger partial charge < -0.3 is 27.8 Å².